The van der Waals surface area contributed by atoms with E-state index >= 15 is 0 Å². The molecule has 2 aromatic rings. The van der Waals surface area contributed by atoms with Crippen molar-refractivity contribution in [3.63, 3.8) is 0 Å². The number of aromatic nitrogens is 1. The number of rotatable bonds is 1. The molecule has 1 aliphatic heterocycles. The summed E-state index contributed by atoms with van der Waals surface area (Å²) >= 11 is 0. The molecule has 0 saturated carbocycles. The zero-order valence-corrected chi connectivity index (χ0v) is 17.0. The van der Waals surface area contributed by atoms with Crippen molar-refractivity contribution in [2.45, 2.75) is 68.4 Å². The first-order chi connectivity index (χ1) is 11.7. The van der Waals surface area contributed by atoms with Crippen LogP contribution in [0.3, 0.4) is 0 Å². The first-order valence-corrected chi connectivity index (χ1v) is 9.50. The van der Waals surface area contributed by atoms with Gasteiger partial charge in [0.05, 0.1) is 0 Å². The van der Waals surface area contributed by atoms with Crippen molar-refractivity contribution in [2.75, 3.05) is 11.4 Å². The second-order valence-electron chi connectivity index (χ2n) is 5.03. The van der Waals surface area contributed by atoms with Crippen LogP contribution >= 0.6 is 0 Å². The van der Waals surface area contributed by atoms with E-state index in [2.05, 4.69) is 55.1 Å². The van der Waals surface area contributed by atoms with Gasteiger partial charge < -0.3 is 4.90 Å². The number of benzene rings is 1. The molecular weight excluding hydrogens is 292 g/mol. The van der Waals surface area contributed by atoms with Gasteiger partial charge in [-0.2, -0.15) is 0 Å². The number of hydrogen-bond donors (Lipinski definition) is 0. The second-order valence-corrected chi connectivity index (χ2v) is 5.03. The Kier molecular flexibility index (Phi) is 11.6. The predicted molar refractivity (Wildman–Crippen MR) is 109 cm³/mol. The van der Waals surface area contributed by atoms with Crippen molar-refractivity contribution in [1.29, 1.82) is 0 Å². The van der Waals surface area contributed by atoms with Crippen molar-refractivity contribution in [3.05, 3.63) is 58.8 Å². The molecule has 0 saturated heterocycles. The molecule has 0 fully saturated rings. The smallest absolute Gasteiger partial charge is 0.132 e. The summed E-state index contributed by atoms with van der Waals surface area (Å²) in [4.78, 5) is 7.09. The number of nitrogens with zero attached hydrogens (tertiary/aromatic N) is 2. The fourth-order valence-corrected chi connectivity index (χ4v) is 2.61. The average Bonchev–Trinajstić information content (AvgIpc) is 2.68. The van der Waals surface area contributed by atoms with Crippen molar-refractivity contribution < 1.29 is 0 Å². The third kappa shape index (κ3) is 5.99. The minimum Gasteiger partial charge on any atom is -0.352 e. The Morgan fingerprint density at radius 2 is 1.38 bits per heavy atom. The molecule has 134 valence electrons. The first kappa shape index (κ1) is 22.2. The summed E-state index contributed by atoms with van der Waals surface area (Å²) < 4.78 is 0. The fourth-order valence-electron chi connectivity index (χ4n) is 2.61. The summed E-state index contributed by atoms with van der Waals surface area (Å²) in [6, 6.07) is 13.0. The molecular formula is C22H36N2. The summed E-state index contributed by atoms with van der Waals surface area (Å²) in [5.74, 6) is 1.14. The average molecular weight is 329 g/mol. The van der Waals surface area contributed by atoms with Gasteiger partial charge in [0.1, 0.15) is 5.82 Å². The Morgan fingerprint density at radius 1 is 0.792 bits per heavy atom. The van der Waals surface area contributed by atoms with Crippen LogP contribution in [0.1, 0.15) is 63.9 Å². The van der Waals surface area contributed by atoms with Crippen LogP contribution in [0.2, 0.25) is 0 Å². The monoisotopic (exact) mass is 328 g/mol. The van der Waals surface area contributed by atoms with E-state index in [1.54, 1.807) is 0 Å². The molecule has 24 heavy (non-hydrogen) atoms. The molecule has 1 aliphatic rings. The van der Waals surface area contributed by atoms with Crippen LogP contribution in [-0.4, -0.2) is 11.5 Å². The molecule has 0 atom stereocenters. The standard InChI is InChI=1S/C16H18N2.3C2H6/c1-12-7-8-13(2)17-16(12)18-10-9-14-5-3-4-6-15(14)11-18;3*1-2/h3-8H,9-11H2,1-2H3;3*1-2H3. The van der Waals surface area contributed by atoms with Crippen molar-refractivity contribution >= 4 is 5.82 Å². The van der Waals surface area contributed by atoms with Crippen LogP contribution in [0.15, 0.2) is 36.4 Å². The summed E-state index contributed by atoms with van der Waals surface area (Å²) in [6.45, 7) is 18.2. The van der Waals surface area contributed by atoms with Gasteiger partial charge in [-0.15, -0.1) is 0 Å². The van der Waals surface area contributed by atoms with Gasteiger partial charge in [-0.3, -0.25) is 0 Å². The lowest BCUT2D eigenvalue weighted by Gasteiger charge is -2.31. The molecule has 0 bridgehead atoms. The van der Waals surface area contributed by atoms with Gasteiger partial charge in [-0.1, -0.05) is 71.9 Å². The van der Waals surface area contributed by atoms with Crippen LogP contribution in [0, 0.1) is 13.8 Å². The minimum atomic E-state index is 0.980. The van der Waals surface area contributed by atoms with Crippen LogP contribution < -0.4 is 4.90 Å². The number of aryl methyl sites for hydroxylation is 2. The minimum absolute atomic E-state index is 0.980. The summed E-state index contributed by atoms with van der Waals surface area (Å²) in [7, 11) is 0. The first-order valence-electron chi connectivity index (χ1n) is 9.50. The Balaban J connectivity index is 0.000000798. The number of anilines is 1. The zero-order chi connectivity index (χ0) is 18.5. The predicted octanol–water partition coefficient (Wildman–Crippen LogP) is 6.34. The van der Waals surface area contributed by atoms with Crippen molar-refractivity contribution in [3.8, 4) is 0 Å². The van der Waals surface area contributed by atoms with Gasteiger partial charge in [-0.05, 0) is 43.0 Å². The Hall–Kier alpha value is -1.83. The van der Waals surface area contributed by atoms with E-state index in [9.17, 15) is 0 Å². The SMILES string of the molecule is CC.CC.CC.Cc1ccc(C)c(N2CCc3ccccc3C2)n1. The lowest BCUT2D eigenvalue weighted by atomic mass is 9.99. The number of hydrogen-bond acceptors (Lipinski definition) is 2. The normalized spacial score (nSPS) is 11.6. The maximum Gasteiger partial charge on any atom is 0.132 e. The molecule has 2 heteroatoms. The van der Waals surface area contributed by atoms with Crippen LogP contribution in [0.25, 0.3) is 0 Å². The van der Waals surface area contributed by atoms with Crippen LogP contribution in [-0.2, 0) is 13.0 Å². The van der Waals surface area contributed by atoms with Gasteiger partial charge in [0.2, 0.25) is 0 Å². The second kappa shape index (κ2) is 12.6. The lowest BCUT2D eigenvalue weighted by Crippen LogP contribution is -2.31. The molecule has 2 heterocycles. The highest BCUT2D eigenvalue weighted by Crippen LogP contribution is 2.25. The highest BCUT2D eigenvalue weighted by Gasteiger charge is 2.18. The summed E-state index contributed by atoms with van der Waals surface area (Å²) in [5.41, 5.74) is 5.28. The topological polar surface area (TPSA) is 16.1 Å². The maximum absolute atomic E-state index is 4.70. The quantitative estimate of drug-likeness (QED) is 0.607. The number of pyridine rings is 1. The zero-order valence-electron chi connectivity index (χ0n) is 17.0. The van der Waals surface area contributed by atoms with E-state index in [-0.39, 0.29) is 0 Å². The molecule has 0 N–H and O–H groups in total. The maximum atomic E-state index is 4.70. The largest absolute Gasteiger partial charge is 0.352 e. The highest BCUT2D eigenvalue weighted by atomic mass is 15.2. The Labute approximate surface area is 149 Å². The fraction of sp³-hybridized carbons (Fsp3) is 0.500. The van der Waals surface area contributed by atoms with Gasteiger partial charge >= 0.3 is 0 Å². The van der Waals surface area contributed by atoms with Gasteiger partial charge in [0, 0.05) is 18.8 Å². The molecule has 0 amide bonds. The summed E-state index contributed by atoms with van der Waals surface area (Å²) in [5, 5.41) is 0. The van der Waals surface area contributed by atoms with E-state index < -0.39 is 0 Å². The van der Waals surface area contributed by atoms with Crippen LogP contribution in [0.5, 0.6) is 0 Å². The molecule has 1 aromatic heterocycles. The molecule has 0 spiro atoms. The third-order valence-electron chi connectivity index (χ3n) is 3.64. The van der Waals surface area contributed by atoms with E-state index in [4.69, 9.17) is 4.98 Å². The molecule has 0 unspecified atom stereocenters. The Morgan fingerprint density at radius 3 is 2.00 bits per heavy atom. The highest BCUT2D eigenvalue weighted by molar-refractivity contribution is 5.50. The van der Waals surface area contributed by atoms with Crippen molar-refractivity contribution in [1.82, 2.24) is 4.98 Å². The van der Waals surface area contributed by atoms with E-state index in [1.165, 1.54) is 16.7 Å². The van der Waals surface area contributed by atoms with Crippen LogP contribution in [0.4, 0.5) is 5.82 Å². The van der Waals surface area contributed by atoms with Gasteiger partial charge in [-0.25, -0.2) is 4.98 Å². The van der Waals surface area contributed by atoms with Crippen molar-refractivity contribution in [2.24, 2.45) is 0 Å². The van der Waals surface area contributed by atoms with Gasteiger partial charge in [0.25, 0.3) is 0 Å². The van der Waals surface area contributed by atoms with E-state index in [0.29, 0.717) is 0 Å². The Bertz CT molecular complexity index is 576. The molecule has 0 aliphatic carbocycles. The summed E-state index contributed by atoms with van der Waals surface area (Å²) in [6.07, 6.45) is 1.12. The molecule has 1 aromatic carbocycles. The lowest BCUT2D eigenvalue weighted by molar-refractivity contribution is 0.717. The van der Waals surface area contributed by atoms with E-state index in [1.807, 2.05) is 41.5 Å². The van der Waals surface area contributed by atoms with E-state index in [0.717, 1.165) is 31.0 Å². The molecule has 0 radical (unpaired) electrons. The molecule has 3 rings (SSSR count). The van der Waals surface area contributed by atoms with Gasteiger partial charge in [0.15, 0.2) is 0 Å². The number of fused-ring (bicyclic) bond motifs is 1. The third-order valence-corrected chi connectivity index (χ3v) is 3.64. The molecule has 2 nitrogen and oxygen atoms in total.